The minimum absolute atomic E-state index is 0.252. The third-order valence-corrected chi connectivity index (χ3v) is 4.28. The lowest BCUT2D eigenvalue weighted by atomic mass is 9.97. The van der Waals surface area contributed by atoms with Gasteiger partial charge in [0.2, 0.25) is 5.43 Å². The normalized spacial score (nSPS) is 10.8. The van der Waals surface area contributed by atoms with E-state index in [1.54, 1.807) is 6.07 Å². The molecule has 0 aliphatic rings. The number of nitriles is 1. The van der Waals surface area contributed by atoms with Crippen LogP contribution in [0.3, 0.4) is 0 Å². The zero-order valence-corrected chi connectivity index (χ0v) is 15.4. The maximum Gasteiger partial charge on any atom is 0.341 e. The van der Waals surface area contributed by atoms with Crippen LogP contribution in [0.4, 0.5) is 0 Å². The van der Waals surface area contributed by atoms with Crippen molar-refractivity contribution >= 4 is 16.9 Å². The van der Waals surface area contributed by atoms with E-state index in [1.165, 1.54) is 6.20 Å². The molecular weight excluding hydrogens is 348 g/mol. The Hall–Kier alpha value is -2.69. The molecule has 0 unspecified atom stereocenters. The van der Waals surface area contributed by atoms with E-state index in [-0.39, 0.29) is 5.56 Å². The fourth-order valence-corrected chi connectivity index (χ4v) is 2.88. The lowest BCUT2D eigenvalue weighted by molar-refractivity contribution is 0.0490. The highest BCUT2D eigenvalue weighted by atomic mass is 16.5. The molecule has 0 saturated heterocycles. The van der Waals surface area contributed by atoms with E-state index in [2.05, 4.69) is 4.98 Å². The maximum absolute atomic E-state index is 12.4. The minimum atomic E-state index is -1.23. The second kappa shape index (κ2) is 10.5. The van der Waals surface area contributed by atoms with Crippen LogP contribution in [0, 0.1) is 11.3 Å². The third-order valence-electron chi connectivity index (χ3n) is 4.28. The van der Waals surface area contributed by atoms with Gasteiger partial charge in [0.15, 0.2) is 0 Å². The Kier molecular flexibility index (Phi) is 7.99. The number of fused-ring (bicyclic) bond motifs is 1. The van der Waals surface area contributed by atoms with Gasteiger partial charge in [0.1, 0.15) is 5.56 Å². The number of aryl methyl sites for hydroxylation is 2. The number of nitrogens with zero attached hydrogens (tertiary/aromatic N) is 1. The van der Waals surface area contributed by atoms with Crippen molar-refractivity contribution in [3.63, 3.8) is 0 Å². The number of aromatic nitrogens is 1. The highest BCUT2D eigenvalue weighted by Gasteiger charge is 2.13. The molecule has 1 heterocycles. The SMILES string of the molecule is CCc1cc2[nH]cc(C(=O)O)c(=O)c2cc1CCCOCCOCCC#N. The van der Waals surface area contributed by atoms with Gasteiger partial charge in [-0.3, -0.25) is 4.79 Å². The highest BCUT2D eigenvalue weighted by Crippen LogP contribution is 2.19. The number of rotatable bonds is 11. The topological polar surface area (TPSA) is 112 Å². The van der Waals surface area contributed by atoms with Crippen molar-refractivity contribution in [3.8, 4) is 6.07 Å². The number of carboxylic acids is 1. The first kappa shape index (κ1) is 20.6. The van der Waals surface area contributed by atoms with E-state index in [0.717, 1.165) is 30.4 Å². The molecule has 7 heteroatoms. The Morgan fingerprint density at radius 3 is 2.59 bits per heavy atom. The van der Waals surface area contributed by atoms with Gasteiger partial charge in [-0.1, -0.05) is 6.92 Å². The average molecular weight is 372 g/mol. The lowest BCUT2D eigenvalue weighted by Gasteiger charge is -2.11. The van der Waals surface area contributed by atoms with Gasteiger partial charge < -0.3 is 19.6 Å². The fourth-order valence-electron chi connectivity index (χ4n) is 2.88. The summed E-state index contributed by atoms with van der Waals surface area (Å²) in [6, 6.07) is 5.73. The fraction of sp³-hybridized carbons (Fsp3) is 0.450. The van der Waals surface area contributed by atoms with E-state index >= 15 is 0 Å². The molecule has 0 spiro atoms. The van der Waals surface area contributed by atoms with Crippen LogP contribution >= 0.6 is 0 Å². The number of carbonyl (C=O) groups is 1. The number of benzene rings is 1. The van der Waals surface area contributed by atoms with Gasteiger partial charge in [0.25, 0.3) is 0 Å². The second-order valence-corrected chi connectivity index (χ2v) is 6.09. The molecular formula is C20H24N2O5. The first-order valence-electron chi connectivity index (χ1n) is 9.01. The van der Waals surface area contributed by atoms with Crippen molar-refractivity contribution in [3.05, 3.63) is 45.2 Å². The second-order valence-electron chi connectivity index (χ2n) is 6.09. The quantitative estimate of drug-likeness (QED) is 0.587. The summed E-state index contributed by atoms with van der Waals surface area (Å²) in [5.41, 5.74) is 2.09. The maximum atomic E-state index is 12.4. The summed E-state index contributed by atoms with van der Waals surface area (Å²) < 4.78 is 10.8. The summed E-state index contributed by atoms with van der Waals surface area (Å²) in [5, 5.41) is 17.9. The molecule has 1 aromatic heterocycles. The number of ether oxygens (including phenoxy) is 2. The van der Waals surface area contributed by atoms with E-state index in [1.807, 2.05) is 19.1 Å². The number of carboxylic acid groups (broad SMARTS) is 1. The molecule has 0 radical (unpaired) electrons. The Labute approximate surface area is 157 Å². The summed E-state index contributed by atoms with van der Waals surface area (Å²) in [6.07, 6.45) is 3.98. The van der Waals surface area contributed by atoms with Crippen LogP contribution < -0.4 is 5.43 Å². The molecule has 2 N–H and O–H groups in total. The van der Waals surface area contributed by atoms with Gasteiger partial charge in [0, 0.05) is 23.7 Å². The number of H-pyrrole nitrogens is 1. The van der Waals surface area contributed by atoms with Crippen LogP contribution in [0.15, 0.2) is 23.1 Å². The average Bonchev–Trinajstić information content (AvgIpc) is 2.66. The molecule has 0 bridgehead atoms. The molecule has 0 atom stereocenters. The first-order valence-corrected chi connectivity index (χ1v) is 9.01. The van der Waals surface area contributed by atoms with Gasteiger partial charge in [-0.2, -0.15) is 5.26 Å². The highest BCUT2D eigenvalue weighted by molar-refractivity contribution is 5.92. The Morgan fingerprint density at radius 2 is 1.93 bits per heavy atom. The van der Waals surface area contributed by atoms with Crippen molar-refractivity contribution in [2.24, 2.45) is 0 Å². The van der Waals surface area contributed by atoms with Gasteiger partial charge in [-0.05, 0) is 42.5 Å². The monoisotopic (exact) mass is 372 g/mol. The standard InChI is InChI=1S/C20H24N2O5/c1-2-14-12-18-16(19(23)17(13-22-18)20(24)25)11-15(14)5-3-7-26-9-10-27-8-4-6-21/h11-13H,2-5,7-10H2,1H3,(H,22,23)(H,24,25). The van der Waals surface area contributed by atoms with Crippen molar-refractivity contribution in [2.75, 3.05) is 26.4 Å². The molecule has 1 aromatic carbocycles. The summed E-state index contributed by atoms with van der Waals surface area (Å²) in [6.45, 7) is 3.97. The van der Waals surface area contributed by atoms with Crippen LogP contribution in [0.25, 0.3) is 10.9 Å². The Bertz CT molecular complexity index is 882. The molecule has 7 nitrogen and oxygen atoms in total. The summed E-state index contributed by atoms with van der Waals surface area (Å²) >= 11 is 0. The molecule has 0 aliphatic heterocycles. The number of aromatic carboxylic acids is 1. The van der Waals surface area contributed by atoms with Crippen LogP contribution in [0.1, 0.15) is 41.3 Å². The summed E-state index contributed by atoms with van der Waals surface area (Å²) in [5.74, 6) is -1.23. The first-order chi connectivity index (χ1) is 13.1. The van der Waals surface area contributed by atoms with Gasteiger partial charge >= 0.3 is 5.97 Å². The number of hydrogen-bond acceptors (Lipinski definition) is 5. The van der Waals surface area contributed by atoms with E-state index in [9.17, 15) is 9.59 Å². The lowest BCUT2D eigenvalue weighted by Crippen LogP contribution is -2.16. The molecule has 0 saturated carbocycles. The molecule has 144 valence electrons. The molecule has 27 heavy (non-hydrogen) atoms. The largest absolute Gasteiger partial charge is 0.477 e. The Morgan fingerprint density at radius 1 is 1.19 bits per heavy atom. The van der Waals surface area contributed by atoms with E-state index < -0.39 is 11.4 Å². The number of aromatic amines is 1. The van der Waals surface area contributed by atoms with Crippen molar-refractivity contribution in [2.45, 2.75) is 32.6 Å². The molecule has 2 aromatic rings. The van der Waals surface area contributed by atoms with E-state index in [0.29, 0.717) is 43.8 Å². The van der Waals surface area contributed by atoms with Gasteiger partial charge in [0.05, 0.1) is 32.3 Å². The smallest absolute Gasteiger partial charge is 0.341 e. The summed E-state index contributed by atoms with van der Waals surface area (Å²) in [7, 11) is 0. The predicted molar refractivity (Wildman–Crippen MR) is 101 cm³/mol. The molecule has 0 aliphatic carbocycles. The zero-order valence-electron chi connectivity index (χ0n) is 15.4. The van der Waals surface area contributed by atoms with Crippen LogP contribution in [0.5, 0.6) is 0 Å². The molecule has 0 amide bonds. The van der Waals surface area contributed by atoms with Crippen molar-refractivity contribution < 1.29 is 19.4 Å². The Balaban J connectivity index is 1.98. The van der Waals surface area contributed by atoms with Crippen LogP contribution in [-0.4, -0.2) is 42.5 Å². The van der Waals surface area contributed by atoms with Gasteiger partial charge in [-0.25, -0.2) is 4.79 Å². The molecule has 0 fully saturated rings. The van der Waals surface area contributed by atoms with Gasteiger partial charge in [-0.15, -0.1) is 0 Å². The zero-order chi connectivity index (χ0) is 19.6. The minimum Gasteiger partial charge on any atom is -0.477 e. The predicted octanol–water partition coefficient (Wildman–Crippen LogP) is 2.67. The number of hydrogen-bond donors (Lipinski definition) is 2. The molecule has 2 rings (SSSR count). The van der Waals surface area contributed by atoms with Crippen molar-refractivity contribution in [1.82, 2.24) is 4.98 Å². The van der Waals surface area contributed by atoms with Crippen LogP contribution in [0.2, 0.25) is 0 Å². The third kappa shape index (κ3) is 5.64. The van der Waals surface area contributed by atoms with E-state index in [4.69, 9.17) is 19.8 Å². The number of nitrogens with one attached hydrogen (secondary N) is 1. The van der Waals surface area contributed by atoms with Crippen molar-refractivity contribution in [1.29, 1.82) is 5.26 Å². The summed E-state index contributed by atoms with van der Waals surface area (Å²) in [4.78, 5) is 26.5. The number of pyridine rings is 1. The van der Waals surface area contributed by atoms with Crippen LogP contribution in [-0.2, 0) is 22.3 Å².